The van der Waals surface area contributed by atoms with E-state index in [0.717, 1.165) is 11.1 Å². The van der Waals surface area contributed by atoms with Crippen LogP contribution in [-0.4, -0.2) is 12.5 Å². The first-order valence-electron chi connectivity index (χ1n) is 6.41. The number of benzene rings is 2. The molecule has 0 aliphatic heterocycles. The maximum Gasteiger partial charge on any atom is 0.251 e. The summed E-state index contributed by atoms with van der Waals surface area (Å²) in [4.78, 5) is 12.2. The van der Waals surface area contributed by atoms with Gasteiger partial charge in [0.05, 0.1) is 0 Å². The molecule has 0 saturated carbocycles. The monoisotopic (exact) mass is 251 g/mol. The van der Waals surface area contributed by atoms with Crippen molar-refractivity contribution in [2.75, 3.05) is 6.54 Å². The van der Waals surface area contributed by atoms with Crippen molar-refractivity contribution in [3.05, 3.63) is 71.8 Å². The number of hydrogen-bond acceptors (Lipinski definition) is 1. The summed E-state index contributed by atoms with van der Waals surface area (Å²) in [6, 6.07) is 19.6. The molecule has 96 valence electrons. The van der Waals surface area contributed by atoms with E-state index >= 15 is 0 Å². The molecule has 2 aromatic rings. The topological polar surface area (TPSA) is 29.1 Å². The van der Waals surface area contributed by atoms with E-state index in [9.17, 15) is 4.79 Å². The van der Waals surface area contributed by atoms with Crippen LogP contribution < -0.4 is 5.32 Å². The Morgan fingerprint density at radius 2 is 1.58 bits per heavy atom. The highest BCUT2D eigenvalue weighted by Gasteiger charge is 2.10. The van der Waals surface area contributed by atoms with Crippen LogP contribution in [0.3, 0.4) is 0 Å². The number of rotatable bonds is 4. The molecular formula is C17H17NO. The summed E-state index contributed by atoms with van der Waals surface area (Å²) in [7, 11) is 0. The molecule has 0 atom stereocenters. The van der Waals surface area contributed by atoms with Crippen LogP contribution in [0.5, 0.6) is 0 Å². The van der Waals surface area contributed by atoms with Crippen molar-refractivity contribution < 1.29 is 4.79 Å². The van der Waals surface area contributed by atoms with Crippen LogP contribution in [-0.2, 0) is 4.79 Å². The van der Waals surface area contributed by atoms with Gasteiger partial charge in [-0.1, -0.05) is 60.7 Å². The molecule has 0 aromatic heterocycles. The minimum Gasteiger partial charge on any atom is -0.352 e. The zero-order valence-corrected chi connectivity index (χ0v) is 11.0. The molecule has 0 saturated heterocycles. The van der Waals surface area contributed by atoms with Crippen LogP contribution in [0.1, 0.15) is 18.1 Å². The highest BCUT2D eigenvalue weighted by atomic mass is 16.1. The molecule has 0 fully saturated rings. The Morgan fingerprint density at radius 3 is 2.16 bits per heavy atom. The zero-order valence-electron chi connectivity index (χ0n) is 11.0. The highest BCUT2D eigenvalue weighted by Crippen LogP contribution is 2.18. The van der Waals surface area contributed by atoms with E-state index in [0.29, 0.717) is 12.1 Å². The molecule has 1 N–H and O–H groups in total. The summed E-state index contributed by atoms with van der Waals surface area (Å²) >= 11 is 0. The van der Waals surface area contributed by atoms with E-state index in [4.69, 9.17) is 0 Å². The third-order valence-corrected chi connectivity index (χ3v) is 2.78. The van der Waals surface area contributed by atoms with Gasteiger partial charge in [-0.2, -0.15) is 0 Å². The van der Waals surface area contributed by atoms with Crippen molar-refractivity contribution >= 4 is 17.6 Å². The molecule has 2 rings (SSSR count). The molecule has 1 amide bonds. The Morgan fingerprint density at radius 1 is 1.00 bits per heavy atom. The predicted molar refractivity (Wildman–Crippen MR) is 79.4 cm³/mol. The van der Waals surface area contributed by atoms with Gasteiger partial charge in [-0.25, -0.2) is 0 Å². The van der Waals surface area contributed by atoms with Gasteiger partial charge in [-0.3, -0.25) is 4.79 Å². The normalized spacial score (nSPS) is 11.1. The lowest BCUT2D eigenvalue weighted by molar-refractivity contribution is -0.115. The Balaban J connectivity index is 2.41. The summed E-state index contributed by atoms with van der Waals surface area (Å²) in [5, 5.41) is 2.86. The Bertz CT molecular complexity index is 558. The van der Waals surface area contributed by atoms with E-state index < -0.39 is 0 Å². The van der Waals surface area contributed by atoms with Gasteiger partial charge in [-0.15, -0.1) is 0 Å². The van der Waals surface area contributed by atoms with Gasteiger partial charge in [0.15, 0.2) is 0 Å². The summed E-state index contributed by atoms with van der Waals surface area (Å²) < 4.78 is 0. The largest absolute Gasteiger partial charge is 0.352 e. The fraction of sp³-hybridized carbons (Fsp3) is 0.118. The van der Waals surface area contributed by atoms with Crippen molar-refractivity contribution in [3.8, 4) is 0 Å². The van der Waals surface area contributed by atoms with Crippen LogP contribution in [0, 0.1) is 0 Å². The number of likely N-dealkylation sites (N-methyl/N-ethyl adjacent to an activating group) is 1. The molecular weight excluding hydrogens is 234 g/mol. The summed E-state index contributed by atoms with van der Waals surface area (Å²) in [6.07, 6.45) is 1.92. The lowest BCUT2D eigenvalue weighted by Gasteiger charge is -2.08. The number of nitrogens with one attached hydrogen (secondary N) is 1. The number of carbonyl (C=O) groups excluding carboxylic acids is 1. The van der Waals surface area contributed by atoms with E-state index in [2.05, 4.69) is 5.32 Å². The highest BCUT2D eigenvalue weighted by molar-refractivity contribution is 6.24. The zero-order chi connectivity index (χ0) is 13.5. The third kappa shape index (κ3) is 3.55. The van der Waals surface area contributed by atoms with E-state index in [1.54, 1.807) is 0 Å². The van der Waals surface area contributed by atoms with Gasteiger partial charge in [0.2, 0.25) is 0 Å². The van der Waals surface area contributed by atoms with E-state index in [1.807, 2.05) is 73.7 Å². The fourth-order valence-corrected chi connectivity index (χ4v) is 1.87. The van der Waals surface area contributed by atoms with Crippen LogP contribution in [0.25, 0.3) is 11.6 Å². The van der Waals surface area contributed by atoms with Crippen molar-refractivity contribution in [3.63, 3.8) is 0 Å². The molecule has 19 heavy (non-hydrogen) atoms. The van der Waals surface area contributed by atoms with Gasteiger partial charge >= 0.3 is 0 Å². The first-order chi connectivity index (χ1) is 9.31. The minimum absolute atomic E-state index is 0.0439. The lowest BCUT2D eigenvalue weighted by Crippen LogP contribution is -2.23. The van der Waals surface area contributed by atoms with Gasteiger partial charge in [0.25, 0.3) is 5.91 Å². The third-order valence-electron chi connectivity index (χ3n) is 2.78. The quantitative estimate of drug-likeness (QED) is 0.655. The van der Waals surface area contributed by atoms with Crippen LogP contribution >= 0.6 is 0 Å². The van der Waals surface area contributed by atoms with Gasteiger partial charge in [-0.05, 0) is 24.1 Å². The molecule has 2 aromatic carbocycles. The van der Waals surface area contributed by atoms with Crippen LogP contribution in [0.4, 0.5) is 0 Å². The average Bonchev–Trinajstić information content (AvgIpc) is 2.47. The summed E-state index contributed by atoms with van der Waals surface area (Å²) in [5.41, 5.74) is 2.64. The SMILES string of the molecule is CCNC(=O)/C(=C/c1ccccc1)c1ccccc1. The van der Waals surface area contributed by atoms with Crippen molar-refractivity contribution in [2.45, 2.75) is 6.92 Å². The first kappa shape index (κ1) is 13.1. The second kappa shape index (κ2) is 6.55. The van der Waals surface area contributed by atoms with Gasteiger partial charge < -0.3 is 5.32 Å². The van der Waals surface area contributed by atoms with Crippen molar-refractivity contribution in [2.24, 2.45) is 0 Å². The smallest absolute Gasteiger partial charge is 0.251 e. The molecule has 2 heteroatoms. The molecule has 2 nitrogen and oxygen atoms in total. The van der Waals surface area contributed by atoms with E-state index in [1.165, 1.54) is 0 Å². The van der Waals surface area contributed by atoms with Crippen molar-refractivity contribution in [1.82, 2.24) is 5.32 Å². The Kier molecular flexibility index (Phi) is 4.51. The second-order valence-electron chi connectivity index (χ2n) is 4.19. The Labute approximate surface area is 113 Å². The summed E-state index contributed by atoms with van der Waals surface area (Å²) in [5.74, 6) is -0.0439. The first-order valence-corrected chi connectivity index (χ1v) is 6.41. The molecule has 0 unspecified atom stereocenters. The van der Waals surface area contributed by atoms with Gasteiger partial charge in [0.1, 0.15) is 0 Å². The molecule has 0 radical (unpaired) electrons. The molecule has 0 aliphatic carbocycles. The average molecular weight is 251 g/mol. The van der Waals surface area contributed by atoms with Crippen LogP contribution in [0.2, 0.25) is 0 Å². The molecule has 0 heterocycles. The second-order valence-corrected chi connectivity index (χ2v) is 4.19. The molecule has 0 bridgehead atoms. The van der Waals surface area contributed by atoms with Crippen LogP contribution in [0.15, 0.2) is 60.7 Å². The number of carbonyl (C=O) groups is 1. The summed E-state index contributed by atoms with van der Waals surface area (Å²) in [6.45, 7) is 2.54. The number of amides is 1. The Hall–Kier alpha value is -2.35. The number of hydrogen-bond donors (Lipinski definition) is 1. The maximum absolute atomic E-state index is 12.2. The molecule has 0 spiro atoms. The van der Waals surface area contributed by atoms with E-state index in [-0.39, 0.29) is 5.91 Å². The standard InChI is InChI=1S/C17H17NO/c1-2-18-17(19)16(15-11-7-4-8-12-15)13-14-9-5-3-6-10-14/h3-13H,2H2,1H3,(H,18,19)/b16-13+. The minimum atomic E-state index is -0.0439. The fourth-order valence-electron chi connectivity index (χ4n) is 1.87. The lowest BCUT2D eigenvalue weighted by atomic mass is 10.0. The predicted octanol–water partition coefficient (Wildman–Crippen LogP) is 3.36. The molecule has 0 aliphatic rings. The van der Waals surface area contributed by atoms with Gasteiger partial charge in [0, 0.05) is 12.1 Å². The van der Waals surface area contributed by atoms with Crippen molar-refractivity contribution in [1.29, 1.82) is 0 Å². The maximum atomic E-state index is 12.2.